The van der Waals surface area contributed by atoms with E-state index in [1.165, 1.54) is 24.6 Å². The van der Waals surface area contributed by atoms with Crippen molar-refractivity contribution in [3.63, 3.8) is 0 Å². The van der Waals surface area contributed by atoms with Gasteiger partial charge in [0.25, 0.3) is 0 Å². The fraction of sp³-hybridized carbons (Fsp3) is 0.700. The monoisotopic (exact) mass is 239 g/mol. The molecule has 16 heavy (non-hydrogen) atoms. The Morgan fingerprint density at radius 3 is 2.44 bits per heavy atom. The molecule has 0 spiro atoms. The van der Waals surface area contributed by atoms with Crippen LogP contribution in [0.3, 0.4) is 0 Å². The third-order valence-corrected chi connectivity index (χ3v) is 2.67. The molecular weight excluding hydrogens is 222 g/mol. The number of aromatic nitrogens is 3. The van der Waals surface area contributed by atoms with E-state index in [2.05, 4.69) is 39.4 Å². The lowest BCUT2D eigenvalue weighted by Gasteiger charge is -2.10. The summed E-state index contributed by atoms with van der Waals surface area (Å²) >= 11 is 1.53. The van der Waals surface area contributed by atoms with Gasteiger partial charge in [-0.1, -0.05) is 11.8 Å². The smallest absolute Gasteiger partial charge is 0.228 e. The highest BCUT2D eigenvalue weighted by atomic mass is 32.2. The lowest BCUT2D eigenvalue weighted by molar-refractivity contribution is 0.834. The summed E-state index contributed by atoms with van der Waals surface area (Å²) in [5.41, 5.74) is 0. The Kier molecular flexibility index (Phi) is 3.48. The second kappa shape index (κ2) is 4.86. The van der Waals surface area contributed by atoms with E-state index < -0.39 is 0 Å². The first-order valence-corrected chi connectivity index (χ1v) is 6.73. The van der Waals surface area contributed by atoms with E-state index in [1.54, 1.807) is 0 Å². The van der Waals surface area contributed by atoms with Crippen LogP contribution in [0.1, 0.15) is 26.7 Å². The first-order chi connectivity index (χ1) is 7.67. The number of hydrogen-bond acceptors (Lipinski definition) is 6. The van der Waals surface area contributed by atoms with Crippen molar-refractivity contribution in [2.24, 2.45) is 0 Å². The highest BCUT2D eigenvalue weighted by Gasteiger charge is 2.22. The molecule has 1 aliphatic carbocycles. The fourth-order valence-electron chi connectivity index (χ4n) is 1.25. The molecule has 0 atom stereocenters. The molecule has 1 aromatic rings. The van der Waals surface area contributed by atoms with Gasteiger partial charge in [0.05, 0.1) is 0 Å². The maximum atomic E-state index is 4.34. The van der Waals surface area contributed by atoms with Crippen molar-refractivity contribution < 1.29 is 0 Å². The molecule has 6 heteroatoms. The molecule has 5 nitrogen and oxygen atoms in total. The third-order valence-electron chi connectivity index (χ3n) is 2.13. The van der Waals surface area contributed by atoms with Crippen molar-refractivity contribution >= 4 is 23.7 Å². The van der Waals surface area contributed by atoms with Crippen LogP contribution in [0.5, 0.6) is 0 Å². The van der Waals surface area contributed by atoms with Crippen molar-refractivity contribution in [2.45, 2.75) is 43.9 Å². The van der Waals surface area contributed by atoms with Gasteiger partial charge in [-0.15, -0.1) is 0 Å². The largest absolute Gasteiger partial charge is 0.352 e. The molecule has 1 aliphatic rings. The molecule has 0 aliphatic heterocycles. The molecule has 1 fully saturated rings. The minimum absolute atomic E-state index is 0.325. The van der Waals surface area contributed by atoms with Crippen molar-refractivity contribution in [1.82, 2.24) is 15.0 Å². The van der Waals surface area contributed by atoms with Gasteiger partial charge < -0.3 is 10.6 Å². The maximum Gasteiger partial charge on any atom is 0.228 e. The molecule has 0 saturated heterocycles. The zero-order valence-electron chi connectivity index (χ0n) is 9.82. The van der Waals surface area contributed by atoms with Crippen LogP contribution in [0.25, 0.3) is 0 Å². The first kappa shape index (κ1) is 11.4. The minimum Gasteiger partial charge on any atom is -0.352 e. The van der Waals surface area contributed by atoms with Crippen LogP contribution in [0, 0.1) is 0 Å². The zero-order valence-corrected chi connectivity index (χ0v) is 10.6. The second-order valence-corrected chi connectivity index (χ2v) is 4.96. The van der Waals surface area contributed by atoms with Gasteiger partial charge in [0.2, 0.25) is 11.9 Å². The Bertz CT molecular complexity index is 342. The van der Waals surface area contributed by atoms with Gasteiger partial charge in [0.15, 0.2) is 5.16 Å². The van der Waals surface area contributed by atoms with Gasteiger partial charge in [-0.05, 0) is 32.9 Å². The van der Waals surface area contributed by atoms with Crippen molar-refractivity contribution in [2.75, 3.05) is 16.9 Å². The van der Waals surface area contributed by atoms with E-state index in [9.17, 15) is 0 Å². The first-order valence-electron chi connectivity index (χ1n) is 5.50. The van der Waals surface area contributed by atoms with Gasteiger partial charge in [-0.25, -0.2) is 0 Å². The molecule has 2 N–H and O–H groups in total. The molecule has 0 bridgehead atoms. The average Bonchev–Trinajstić information content (AvgIpc) is 3.00. The standard InChI is InChI=1S/C10H17N5S/c1-6(2)11-8-13-9(12-7-4-5-7)15-10(14-8)16-3/h6-7H,4-5H2,1-3H3,(H2,11,12,13,14,15). The normalized spacial score (nSPS) is 15.2. The molecule has 1 heterocycles. The Labute approximate surface area is 99.9 Å². The van der Waals surface area contributed by atoms with Crippen molar-refractivity contribution in [3.05, 3.63) is 0 Å². The fourth-order valence-corrected chi connectivity index (χ4v) is 1.60. The number of nitrogens with zero attached hydrogens (tertiary/aromatic N) is 3. The van der Waals surface area contributed by atoms with Crippen LogP contribution in [0.4, 0.5) is 11.9 Å². The second-order valence-electron chi connectivity index (χ2n) is 4.19. The van der Waals surface area contributed by atoms with Gasteiger partial charge in [0.1, 0.15) is 0 Å². The molecule has 1 saturated carbocycles. The molecule has 2 rings (SSSR count). The predicted octanol–water partition coefficient (Wildman–Crippen LogP) is 1.99. The summed E-state index contributed by atoms with van der Waals surface area (Å²) in [6.45, 7) is 4.13. The highest BCUT2D eigenvalue weighted by molar-refractivity contribution is 7.98. The van der Waals surface area contributed by atoms with E-state index in [-0.39, 0.29) is 0 Å². The summed E-state index contributed by atoms with van der Waals surface area (Å²) in [4.78, 5) is 13.0. The van der Waals surface area contributed by atoms with E-state index >= 15 is 0 Å². The van der Waals surface area contributed by atoms with E-state index in [1.807, 2.05) is 6.26 Å². The number of thioether (sulfide) groups is 1. The lowest BCUT2D eigenvalue weighted by atomic mass is 10.4. The van der Waals surface area contributed by atoms with E-state index in [0.29, 0.717) is 24.0 Å². The van der Waals surface area contributed by atoms with E-state index in [4.69, 9.17) is 0 Å². The summed E-state index contributed by atoms with van der Waals surface area (Å²) in [6, 6.07) is 0.884. The highest BCUT2D eigenvalue weighted by Crippen LogP contribution is 2.24. The Morgan fingerprint density at radius 2 is 1.88 bits per heavy atom. The molecule has 0 unspecified atom stereocenters. The molecule has 0 aromatic carbocycles. The quantitative estimate of drug-likeness (QED) is 0.766. The summed E-state index contributed by atoms with van der Waals surface area (Å²) in [5.74, 6) is 1.34. The number of nitrogens with one attached hydrogen (secondary N) is 2. The van der Waals surface area contributed by atoms with Crippen LogP contribution in [0.15, 0.2) is 5.16 Å². The van der Waals surface area contributed by atoms with Gasteiger partial charge >= 0.3 is 0 Å². The van der Waals surface area contributed by atoms with Crippen LogP contribution >= 0.6 is 11.8 Å². The molecular formula is C10H17N5S. The van der Waals surface area contributed by atoms with Crippen LogP contribution < -0.4 is 10.6 Å². The Morgan fingerprint density at radius 1 is 1.19 bits per heavy atom. The average molecular weight is 239 g/mol. The van der Waals surface area contributed by atoms with Crippen LogP contribution in [0.2, 0.25) is 0 Å². The van der Waals surface area contributed by atoms with Gasteiger partial charge in [-0.2, -0.15) is 15.0 Å². The minimum atomic E-state index is 0.325. The van der Waals surface area contributed by atoms with Crippen molar-refractivity contribution in [3.8, 4) is 0 Å². The van der Waals surface area contributed by atoms with Gasteiger partial charge in [0, 0.05) is 12.1 Å². The summed E-state index contributed by atoms with van der Waals surface area (Å²) in [7, 11) is 0. The van der Waals surface area contributed by atoms with Crippen molar-refractivity contribution in [1.29, 1.82) is 0 Å². The molecule has 0 radical (unpaired) electrons. The Hall–Kier alpha value is -1.04. The van der Waals surface area contributed by atoms with Crippen LogP contribution in [-0.2, 0) is 0 Å². The van der Waals surface area contributed by atoms with E-state index in [0.717, 1.165) is 5.16 Å². The van der Waals surface area contributed by atoms with Gasteiger partial charge in [-0.3, -0.25) is 0 Å². The van der Waals surface area contributed by atoms with Crippen LogP contribution in [-0.4, -0.2) is 33.3 Å². The summed E-state index contributed by atoms with van der Waals surface area (Å²) in [5, 5.41) is 7.24. The molecule has 88 valence electrons. The number of hydrogen-bond donors (Lipinski definition) is 2. The molecule has 1 aromatic heterocycles. The predicted molar refractivity (Wildman–Crippen MR) is 67.0 cm³/mol. The Balaban J connectivity index is 2.15. The lowest BCUT2D eigenvalue weighted by Crippen LogP contribution is -2.15. The zero-order chi connectivity index (χ0) is 11.5. The molecule has 0 amide bonds. The maximum absolute atomic E-state index is 4.34. The number of anilines is 2. The summed E-state index contributed by atoms with van der Waals surface area (Å²) in [6.07, 6.45) is 4.40. The summed E-state index contributed by atoms with van der Waals surface area (Å²) < 4.78 is 0. The third kappa shape index (κ3) is 3.23. The SMILES string of the molecule is CSc1nc(NC(C)C)nc(NC2CC2)n1. The number of rotatable bonds is 5. The topological polar surface area (TPSA) is 62.7 Å².